The predicted octanol–water partition coefficient (Wildman–Crippen LogP) is 3.26. The van der Waals surface area contributed by atoms with Gasteiger partial charge in [-0.3, -0.25) is 10.1 Å². The number of halogens is 1. The maximum absolute atomic E-state index is 12.3. The molecule has 9 heteroatoms. The van der Waals surface area contributed by atoms with Crippen molar-refractivity contribution in [3.63, 3.8) is 0 Å². The minimum absolute atomic E-state index is 0.240. The summed E-state index contributed by atoms with van der Waals surface area (Å²) in [7, 11) is -4.03. The summed E-state index contributed by atoms with van der Waals surface area (Å²) in [6.07, 6.45) is 0. The third kappa shape index (κ3) is 3.90. The molecule has 126 valence electrons. The Labute approximate surface area is 144 Å². The number of sulfonamides is 1. The van der Waals surface area contributed by atoms with Crippen LogP contribution in [0.1, 0.15) is 18.1 Å². The van der Waals surface area contributed by atoms with Gasteiger partial charge in [0, 0.05) is 22.2 Å². The summed E-state index contributed by atoms with van der Waals surface area (Å²) in [5.74, 6) is 0. The fourth-order valence-corrected chi connectivity index (χ4v) is 3.10. The largest absolute Gasteiger partial charge is 0.276 e. The van der Waals surface area contributed by atoms with Gasteiger partial charge in [-0.2, -0.15) is 18.4 Å². The lowest BCUT2D eigenvalue weighted by Crippen LogP contribution is -2.20. The quantitative estimate of drug-likeness (QED) is 0.497. The van der Waals surface area contributed by atoms with Crippen molar-refractivity contribution in [1.82, 2.24) is 4.83 Å². The fourth-order valence-electron chi connectivity index (χ4n) is 1.95. The van der Waals surface area contributed by atoms with Crippen LogP contribution in [0.25, 0.3) is 0 Å². The average Bonchev–Trinajstić information content (AvgIpc) is 2.53. The molecule has 0 fully saturated rings. The van der Waals surface area contributed by atoms with Gasteiger partial charge in [0.05, 0.1) is 15.5 Å². The van der Waals surface area contributed by atoms with Crippen molar-refractivity contribution < 1.29 is 13.3 Å². The van der Waals surface area contributed by atoms with Crippen LogP contribution in [0.2, 0.25) is 5.02 Å². The molecule has 2 aromatic carbocycles. The van der Waals surface area contributed by atoms with E-state index in [2.05, 4.69) is 9.93 Å². The second-order valence-electron chi connectivity index (χ2n) is 4.98. The van der Waals surface area contributed by atoms with E-state index in [0.29, 0.717) is 21.9 Å². The number of nitrogens with zero attached hydrogens (tertiary/aromatic N) is 2. The Morgan fingerprint density at radius 1 is 1.25 bits per heavy atom. The summed E-state index contributed by atoms with van der Waals surface area (Å²) in [6, 6.07) is 10.5. The van der Waals surface area contributed by atoms with Crippen LogP contribution in [-0.4, -0.2) is 19.1 Å². The lowest BCUT2D eigenvalue weighted by Gasteiger charge is -2.07. The monoisotopic (exact) mass is 367 g/mol. The van der Waals surface area contributed by atoms with E-state index < -0.39 is 14.9 Å². The Morgan fingerprint density at radius 3 is 2.54 bits per heavy atom. The van der Waals surface area contributed by atoms with Crippen molar-refractivity contribution in [3.8, 4) is 0 Å². The standard InChI is InChI=1S/C15H14ClN3O4S/c1-10-7-8-12(9-15(10)19(20)21)24(22,23)18-17-11(2)13-5-3-4-6-14(13)16/h3-9,18H,1-2H3/b17-11+. The van der Waals surface area contributed by atoms with Crippen LogP contribution in [0.4, 0.5) is 5.69 Å². The van der Waals surface area contributed by atoms with E-state index >= 15 is 0 Å². The maximum atomic E-state index is 12.3. The molecule has 0 aliphatic carbocycles. The Balaban J connectivity index is 2.32. The van der Waals surface area contributed by atoms with E-state index in [9.17, 15) is 18.5 Å². The summed E-state index contributed by atoms with van der Waals surface area (Å²) in [6.45, 7) is 3.13. The maximum Gasteiger partial charge on any atom is 0.276 e. The van der Waals surface area contributed by atoms with Crippen molar-refractivity contribution in [2.24, 2.45) is 5.10 Å². The van der Waals surface area contributed by atoms with Crippen molar-refractivity contribution >= 4 is 33.0 Å². The van der Waals surface area contributed by atoms with Gasteiger partial charge in [-0.1, -0.05) is 35.9 Å². The van der Waals surface area contributed by atoms with Crippen molar-refractivity contribution in [2.45, 2.75) is 18.7 Å². The molecule has 0 aliphatic heterocycles. The molecule has 0 unspecified atom stereocenters. The van der Waals surface area contributed by atoms with Crippen LogP contribution in [0.3, 0.4) is 0 Å². The van der Waals surface area contributed by atoms with Crippen LogP contribution in [0.15, 0.2) is 52.5 Å². The normalized spacial score (nSPS) is 12.0. The van der Waals surface area contributed by atoms with Gasteiger partial charge >= 0.3 is 0 Å². The number of nitro groups is 1. The second-order valence-corrected chi connectivity index (χ2v) is 7.05. The molecule has 0 atom stereocenters. The van der Waals surface area contributed by atoms with E-state index in [-0.39, 0.29) is 10.6 Å². The van der Waals surface area contributed by atoms with Crippen LogP contribution in [-0.2, 0) is 10.0 Å². The molecule has 1 N–H and O–H groups in total. The first kappa shape index (κ1) is 17.9. The topological polar surface area (TPSA) is 102 Å². The van der Waals surface area contributed by atoms with Gasteiger partial charge in [0.2, 0.25) is 0 Å². The Hall–Kier alpha value is -2.45. The third-order valence-electron chi connectivity index (χ3n) is 3.28. The second kappa shape index (κ2) is 6.98. The van der Waals surface area contributed by atoms with Gasteiger partial charge in [-0.15, -0.1) is 0 Å². The van der Waals surface area contributed by atoms with Crippen molar-refractivity contribution in [3.05, 3.63) is 68.7 Å². The molecular weight excluding hydrogens is 354 g/mol. The first-order chi connectivity index (χ1) is 11.2. The molecule has 0 amide bonds. The number of nitrogens with one attached hydrogen (secondary N) is 1. The molecule has 7 nitrogen and oxygen atoms in total. The number of rotatable bonds is 5. The molecule has 0 saturated carbocycles. The van der Waals surface area contributed by atoms with Gasteiger partial charge in [-0.25, -0.2) is 0 Å². The van der Waals surface area contributed by atoms with Crippen LogP contribution in [0.5, 0.6) is 0 Å². The number of hydrogen-bond donors (Lipinski definition) is 1. The molecule has 0 aromatic heterocycles. The van der Waals surface area contributed by atoms with E-state index in [0.717, 1.165) is 6.07 Å². The van der Waals surface area contributed by atoms with Crippen molar-refractivity contribution in [1.29, 1.82) is 0 Å². The Bertz CT molecular complexity index is 926. The highest BCUT2D eigenvalue weighted by atomic mass is 35.5. The van der Waals surface area contributed by atoms with Gasteiger partial charge in [0.25, 0.3) is 15.7 Å². The summed E-state index contributed by atoms with van der Waals surface area (Å²) in [5, 5.41) is 15.2. The summed E-state index contributed by atoms with van der Waals surface area (Å²) in [4.78, 5) is 12.1. The SMILES string of the molecule is C/C(=N\NS(=O)(=O)c1ccc(C)c([N+](=O)[O-])c1)c1ccccc1Cl. The molecule has 0 aliphatic rings. The van der Waals surface area contributed by atoms with E-state index in [1.54, 1.807) is 31.2 Å². The number of hydrazone groups is 1. The molecular formula is C15H14ClN3O4S. The van der Waals surface area contributed by atoms with Crippen LogP contribution < -0.4 is 4.83 Å². The van der Waals surface area contributed by atoms with E-state index in [1.807, 2.05) is 0 Å². The molecule has 2 aromatic rings. The molecule has 0 spiro atoms. The molecule has 0 radical (unpaired) electrons. The summed E-state index contributed by atoms with van der Waals surface area (Å²) < 4.78 is 24.5. The number of hydrogen-bond acceptors (Lipinski definition) is 5. The minimum Gasteiger partial charge on any atom is -0.258 e. The van der Waals surface area contributed by atoms with Crippen LogP contribution in [0, 0.1) is 17.0 Å². The zero-order valence-electron chi connectivity index (χ0n) is 12.9. The smallest absolute Gasteiger partial charge is 0.258 e. The van der Waals surface area contributed by atoms with E-state index in [4.69, 9.17) is 11.6 Å². The third-order valence-corrected chi connectivity index (χ3v) is 4.82. The number of benzene rings is 2. The van der Waals surface area contributed by atoms with Gasteiger partial charge in [0.1, 0.15) is 0 Å². The molecule has 0 bridgehead atoms. The molecule has 2 rings (SSSR count). The lowest BCUT2D eigenvalue weighted by molar-refractivity contribution is -0.385. The highest BCUT2D eigenvalue weighted by molar-refractivity contribution is 7.89. The molecule has 24 heavy (non-hydrogen) atoms. The zero-order valence-corrected chi connectivity index (χ0v) is 14.4. The molecule has 0 heterocycles. The minimum atomic E-state index is -4.03. The zero-order chi connectivity index (χ0) is 17.9. The highest BCUT2D eigenvalue weighted by Crippen LogP contribution is 2.22. The van der Waals surface area contributed by atoms with Gasteiger partial charge in [-0.05, 0) is 26.0 Å². The van der Waals surface area contributed by atoms with Crippen LogP contribution >= 0.6 is 11.6 Å². The lowest BCUT2D eigenvalue weighted by atomic mass is 10.1. The Morgan fingerprint density at radius 2 is 1.92 bits per heavy atom. The summed E-state index contributed by atoms with van der Waals surface area (Å²) in [5.41, 5.74) is 1.04. The average molecular weight is 368 g/mol. The first-order valence-electron chi connectivity index (χ1n) is 6.78. The first-order valence-corrected chi connectivity index (χ1v) is 8.64. The molecule has 0 saturated heterocycles. The van der Waals surface area contributed by atoms with Gasteiger partial charge < -0.3 is 0 Å². The van der Waals surface area contributed by atoms with Crippen molar-refractivity contribution in [2.75, 3.05) is 0 Å². The Kier molecular flexibility index (Phi) is 5.20. The summed E-state index contributed by atoms with van der Waals surface area (Å²) >= 11 is 6.03. The van der Waals surface area contributed by atoms with Gasteiger partial charge in [0.15, 0.2) is 0 Å². The fraction of sp³-hybridized carbons (Fsp3) is 0.133. The highest BCUT2D eigenvalue weighted by Gasteiger charge is 2.19. The number of aryl methyl sites for hydroxylation is 1. The predicted molar refractivity (Wildman–Crippen MR) is 91.8 cm³/mol. The number of nitro benzene ring substituents is 1. The van der Waals surface area contributed by atoms with E-state index in [1.165, 1.54) is 19.1 Å².